The lowest BCUT2D eigenvalue weighted by Gasteiger charge is -2.26. The molecule has 0 radical (unpaired) electrons. The Kier molecular flexibility index (Phi) is 3.52. The fourth-order valence-electron chi connectivity index (χ4n) is 1.86. The minimum absolute atomic E-state index is 0.263. The Morgan fingerprint density at radius 3 is 2.86 bits per heavy atom. The SMILES string of the molecule is Cc1ccc(C(N)C2CCCCS2)s1. The summed E-state index contributed by atoms with van der Waals surface area (Å²) in [7, 11) is 0. The number of thioether (sulfide) groups is 1. The standard InChI is InChI=1S/C11H17NS2/c1-8-5-6-10(14-8)11(12)9-4-2-3-7-13-9/h5-6,9,11H,2-4,7,12H2,1H3. The fraction of sp³-hybridized carbons (Fsp3) is 0.636. The summed E-state index contributed by atoms with van der Waals surface area (Å²) in [6, 6.07) is 4.63. The van der Waals surface area contributed by atoms with Crippen molar-refractivity contribution in [3.63, 3.8) is 0 Å². The third-order valence-corrected chi connectivity index (χ3v) is 5.29. The van der Waals surface area contributed by atoms with Gasteiger partial charge in [-0.3, -0.25) is 0 Å². The molecule has 2 atom stereocenters. The normalized spacial score (nSPS) is 24.9. The Morgan fingerprint density at radius 1 is 1.43 bits per heavy atom. The lowest BCUT2D eigenvalue weighted by molar-refractivity contribution is 0.588. The molecule has 1 aromatic heterocycles. The Morgan fingerprint density at radius 2 is 2.29 bits per heavy atom. The zero-order valence-corrected chi connectivity index (χ0v) is 10.2. The van der Waals surface area contributed by atoms with E-state index in [0.29, 0.717) is 5.25 Å². The second kappa shape index (κ2) is 4.69. The third kappa shape index (κ3) is 2.33. The molecule has 0 amide bonds. The number of rotatable bonds is 2. The minimum atomic E-state index is 0.263. The maximum atomic E-state index is 6.27. The summed E-state index contributed by atoms with van der Waals surface area (Å²) in [5.74, 6) is 1.29. The van der Waals surface area contributed by atoms with Gasteiger partial charge in [0.05, 0.1) is 6.04 Å². The summed E-state index contributed by atoms with van der Waals surface area (Å²) in [6.45, 7) is 2.15. The number of aryl methyl sites for hydroxylation is 1. The number of thiophene rings is 1. The highest BCUT2D eigenvalue weighted by atomic mass is 32.2. The molecule has 2 heterocycles. The van der Waals surface area contributed by atoms with E-state index in [2.05, 4.69) is 30.8 Å². The van der Waals surface area contributed by atoms with E-state index >= 15 is 0 Å². The first-order valence-corrected chi connectivity index (χ1v) is 7.07. The van der Waals surface area contributed by atoms with Crippen LogP contribution >= 0.6 is 23.1 Å². The van der Waals surface area contributed by atoms with Gasteiger partial charge in [0.1, 0.15) is 0 Å². The van der Waals surface area contributed by atoms with Gasteiger partial charge in [-0.05, 0) is 37.7 Å². The number of hydrogen-bond acceptors (Lipinski definition) is 3. The predicted molar refractivity (Wildman–Crippen MR) is 66.1 cm³/mol. The Hall–Kier alpha value is 0.01000. The molecular weight excluding hydrogens is 210 g/mol. The van der Waals surface area contributed by atoms with Crippen LogP contribution in [0.1, 0.15) is 35.1 Å². The Labute approximate surface area is 94.1 Å². The zero-order chi connectivity index (χ0) is 9.97. The van der Waals surface area contributed by atoms with Crippen LogP contribution in [0.3, 0.4) is 0 Å². The van der Waals surface area contributed by atoms with E-state index in [-0.39, 0.29) is 6.04 Å². The predicted octanol–water partition coefficient (Wildman–Crippen LogP) is 3.34. The van der Waals surface area contributed by atoms with E-state index in [0.717, 1.165) is 0 Å². The van der Waals surface area contributed by atoms with Crippen molar-refractivity contribution in [2.75, 3.05) is 5.75 Å². The maximum absolute atomic E-state index is 6.27. The molecule has 2 rings (SSSR count). The largest absolute Gasteiger partial charge is 0.322 e. The Balaban J connectivity index is 2.03. The van der Waals surface area contributed by atoms with Gasteiger partial charge in [-0.15, -0.1) is 11.3 Å². The van der Waals surface area contributed by atoms with Gasteiger partial charge in [-0.1, -0.05) is 6.42 Å². The van der Waals surface area contributed by atoms with Gasteiger partial charge in [0.15, 0.2) is 0 Å². The molecule has 0 bridgehead atoms. The molecular formula is C11H17NS2. The number of nitrogens with two attached hydrogens (primary N) is 1. The maximum Gasteiger partial charge on any atom is 0.0510 e. The van der Waals surface area contributed by atoms with E-state index in [9.17, 15) is 0 Å². The summed E-state index contributed by atoms with van der Waals surface area (Å²) >= 11 is 3.91. The lowest BCUT2D eigenvalue weighted by atomic mass is 10.1. The highest BCUT2D eigenvalue weighted by Gasteiger charge is 2.23. The van der Waals surface area contributed by atoms with Crippen LogP contribution in [-0.4, -0.2) is 11.0 Å². The van der Waals surface area contributed by atoms with Gasteiger partial charge < -0.3 is 5.73 Å². The monoisotopic (exact) mass is 227 g/mol. The molecule has 2 N–H and O–H groups in total. The van der Waals surface area contributed by atoms with Crippen LogP contribution in [-0.2, 0) is 0 Å². The van der Waals surface area contributed by atoms with Crippen LogP contribution in [0, 0.1) is 6.92 Å². The van der Waals surface area contributed by atoms with Gasteiger partial charge in [0, 0.05) is 15.0 Å². The van der Waals surface area contributed by atoms with E-state index in [1.165, 1.54) is 34.8 Å². The van der Waals surface area contributed by atoms with Crippen molar-refractivity contribution in [2.45, 2.75) is 37.5 Å². The van der Waals surface area contributed by atoms with Crippen LogP contribution in [0.15, 0.2) is 12.1 Å². The van der Waals surface area contributed by atoms with E-state index in [1.807, 2.05) is 11.3 Å². The summed E-state index contributed by atoms with van der Waals surface area (Å²) in [6.07, 6.45) is 4.02. The summed E-state index contributed by atoms with van der Waals surface area (Å²) < 4.78 is 0. The van der Waals surface area contributed by atoms with Gasteiger partial charge in [-0.25, -0.2) is 0 Å². The highest BCUT2D eigenvalue weighted by molar-refractivity contribution is 8.00. The van der Waals surface area contributed by atoms with E-state index < -0.39 is 0 Å². The van der Waals surface area contributed by atoms with Crippen molar-refractivity contribution in [2.24, 2.45) is 5.73 Å². The van der Waals surface area contributed by atoms with Crippen LogP contribution < -0.4 is 5.73 Å². The molecule has 1 saturated heterocycles. The molecule has 1 aromatic rings. The third-order valence-electron chi connectivity index (χ3n) is 2.71. The van der Waals surface area contributed by atoms with Crippen LogP contribution in [0.2, 0.25) is 0 Å². The first-order chi connectivity index (χ1) is 6.77. The van der Waals surface area contributed by atoms with Crippen LogP contribution in [0.25, 0.3) is 0 Å². The summed E-state index contributed by atoms with van der Waals surface area (Å²) in [4.78, 5) is 2.73. The van der Waals surface area contributed by atoms with Gasteiger partial charge in [0.2, 0.25) is 0 Å². The van der Waals surface area contributed by atoms with Crippen molar-refractivity contribution >= 4 is 23.1 Å². The van der Waals surface area contributed by atoms with Crippen LogP contribution in [0.5, 0.6) is 0 Å². The lowest BCUT2D eigenvalue weighted by Crippen LogP contribution is -2.25. The van der Waals surface area contributed by atoms with Crippen molar-refractivity contribution in [1.82, 2.24) is 0 Å². The smallest absolute Gasteiger partial charge is 0.0510 e. The average Bonchev–Trinajstić information content (AvgIpc) is 2.65. The molecule has 3 heteroatoms. The molecule has 1 nitrogen and oxygen atoms in total. The molecule has 78 valence electrons. The summed E-state index contributed by atoms with van der Waals surface area (Å²) in [5, 5.41) is 0.654. The van der Waals surface area contributed by atoms with E-state index in [1.54, 1.807) is 0 Å². The molecule has 14 heavy (non-hydrogen) atoms. The molecule has 0 saturated carbocycles. The average molecular weight is 227 g/mol. The molecule has 0 spiro atoms. The number of hydrogen-bond donors (Lipinski definition) is 1. The topological polar surface area (TPSA) is 26.0 Å². The Bertz CT molecular complexity index is 289. The van der Waals surface area contributed by atoms with Gasteiger partial charge in [0.25, 0.3) is 0 Å². The zero-order valence-electron chi connectivity index (χ0n) is 8.53. The van der Waals surface area contributed by atoms with Crippen molar-refractivity contribution in [3.05, 3.63) is 21.9 Å². The molecule has 1 fully saturated rings. The second-order valence-corrected chi connectivity index (χ2v) is 6.55. The highest BCUT2D eigenvalue weighted by Crippen LogP contribution is 2.35. The van der Waals surface area contributed by atoms with Gasteiger partial charge >= 0.3 is 0 Å². The van der Waals surface area contributed by atoms with E-state index in [4.69, 9.17) is 5.73 Å². The second-order valence-electron chi connectivity index (χ2n) is 3.88. The first kappa shape index (κ1) is 10.5. The van der Waals surface area contributed by atoms with Gasteiger partial charge in [-0.2, -0.15) is 11.8 Å². The quantitative estimate of drug-likeness (QED) is 0.838. The molecule has 1 aliphatic heterocycles. The van der Waals surface area contributed by atoms with Crippen molar-refractivity contribution in [3.8, 4) is 0 Å². The fourth-order valence-corrected chi connectivity index (χ4v) is 4.26. The molecule has 0 aromatic carbocycles. The molecule has 2 unspecified atom stereocenters. The van der Waals surface area contributed by atoms with Crippen LogP contribution in [0.4, 0.5) is 0 Å². The molecule has 0 aliphatic carbocycles. The minimum Gasteiger partial charge on any atom is -0.322 e. The van der Waals surface area contributed by atoms with Crippen molar-refractivity contribution < 1.29 is 0 Å². The molecule has 1 aliphatic rings. The van der Waals surface area contributed by atoms with Crippen molar-refractivity contribution in [1.29, 1.82) is 0 Å². The first-order valence-electron chi connectivity index (χ1n) is 5.21. The summed E-state index contributed by atoms with van der Waals surface area (Å²) in [5.41, 5.74) is 6.27.